The van der Waals surface area contributed by atoms with Gasteiger partial charge in [-0.3, -0.25) is 20.4 Å². The minimum Gasteiger partial charge on any atom is -0.325 e. The minimum absolute atomic E-state index is 0.0206. The largest absolute Gasteiger partial charge is 0.325 e. The van der Waals surface area contributed by atoms with E-state index >= 15 is 0 Å². The van der Waals surface area contributed by atoms with Gasteiger partial charge in [-0.1, -0.05) is 5.21 Å². The van der Waals surface area contributed by atoms with Gasteiger partial charge in [-0.2, -0.15) is 0 Å². The Bertz CT molecular complexity index is 360. The zero-order valence-electron chi connectivity index (χ0n) is 8.23. The SMILES string of the molecule is CC(=O)NNC(=O)Cn1cc(CN)nn1. The molecule has 0 bridgehead atoms. The van der Waals surface area contributed by atoms with E-state index in [-0.39, 0.29) is 19.0 Å². The molecule has 1 rings (SSSR count). The van der Waals surface area contributed by atoms with Gasteiger partial charge in [0, 0.05) is 13.5 Å². The number of hydrogen-bond acceptors (Lipinski definition) is 5. The van der Waals surface area contributed by atoms with Gasteiger partial charge in [-0.25, -0.2) is 4.68 Å². The maximum atomic E-state index is 11.2. The van der Waals surface area contributed by atoms with Crippen molar-refractivity contribution in [3.8, 4) is 0 Å². The monoisotopic (exact) mass is 212 g/mol. The van der Waals surface area contributed by atoms with Crippen LogP contribution < -0.4 is 16.6 Å². The molecule has 82 valence electrons. The van der Waals surface area contributed by atoms with Crippen molar-refractivity contribution in [2.24, 2.45) is 5.73 Å². The first kappa shape index (κ1) is 11.1. The van der Waals surface area contributed by atoms with E-state index in [9.17, 15) is 9.59 Å². The summed E-state index contributed by atoms with van der Waals surface area (Å²) < 4.78 is 1.33. The molecule has 2 amide bonds. The van der Waals surface area contributed by atoms with Gasteiger partial charge in [0.2, 0.25) is 5.91 Å². The molecule has 4 N–H and O–H groups in total. The molecular formula is C7H12N6O2. The number of amides is 2. The average molecular weight is 212 g/mol. The summed E-state index contributed by atoms with van der Waals surface area (Å²) in [5, 5.41) is 7.37. The van der Waals surface area contributed by atoms with Crippen LogP contribution in [0.3, 0.4) is 0 Å². The van der Waals surface area contributed by atoms with Crippen molar-refractivity contribution in [1.29, 1.82) is 0 Å². The molecule has 0 aliphatic rings. The van der Waals surface area contributed by atoms with Crippen molar-refractivity contribution >= 4 is 11.8 Å². The van der Waals surface area contributed by atoms with Crippen molar-refractivity contribution in [1.82, 2.24) is 25.8 Å². The molecular weight excluding hydrogens is 200 g/mol. The molecule has 15 heavy (non-hydrogen) atoms. The van der Waals surface area contributed by atoms with Crippen LogP contribution in [0.15, 0.2) is 6.20 Å². The molecule has 0 spiro atoms. The normalized spacial score (nSPS) is 9.73. The maximum absolute atomic E-state index is 11.2. The maximum Gasteiger partial charge on any atom is 0.260 e. The fourth-order valence-corrected chi connectivity index (χ4v) is 0.854. The summed E-state index contributed by atoms with van der Waals surface area (Å²) in [6.45, 7) is 1.54. The highest BCUT2D eigenvalue weighted by Gasteiger charge is 2.04. The van der Waals surface area contributed by atoms with E-state index < -0.39 is 5.91 Å². The summed E-state index contributed by atoms with van der Waals surface area (Å²) in [5.41, 5.74) is 10.3. The topological polar surface area (TPSA) is 115 Å². The third-order valence-corrected chi connectivity index (χ3v) is 1.48. The van der Waals surface area contributed by atoms with Gasteiger partial charge in [-0.15, -0.1) is 5.10 Å². The Morgan fingerprint density at radius 2 is 2.27 bits per heavy atom. The second kappa shape index (κ2) is 5.05. The summed E-state index contributed by atoms with van der Waals surface area (Å²) in [5.74, 6) is -0.733. The van der Waals surface area contributed by atoms with Crippen LogP contribution in [0, 0.1) is 0 Å². The van der Waals surface area contributed by atoms with Crippen molar-refractivity contribution in [3.05, 3.63) is 11.9 Å². The van der Waals surface area contributed by atoms with Gasteiger partial charge in [0.15, 0.2) is 0 Å². The Labute approximate surface area is 85.8 Å². The van der Waals surface area contributed by atoms with Crippen molar-refractivity contribution in [2.45, 2.75) is 20.0 Å². The summed E-state index contributed by atoms with van der Waals surface area (Å²) in [6, 6.07) is 0. The summed E-state index contributed by atoms with van der Waals surface area (Å²) in [7, 11) is 0. The van der Waals surface area contributed by atoms with Crippen molar-refractivity contribution in [3.63, 3.8) is 0 Å². The average Bonchev–Trinajstić information content (AvgIpc) is 2.62. The van der Waals surface area contributed by atoms with Gasteiger partial charge in [0.25, 0.3) is 5.91 Å². The Balaban J connectivity index is 2.40. The minimum atomic E-state index is -0.390. The Kier molecular flexibility index (Phi) is 3.75. The zero-order chi connectivity index (χ0) is 11.3. The number of nitrogens with two attached hydrogens (primary N) is 1. The van der Waals surface area contributed by atoms with Gasteiger partial charge >= 0.3 is 0 Å². The number of carbonyl (C=O) groups excluding carboxylic acids is 2. The number of rotatable bonds is 3. The molecule has 8 nitrogen and oxygen atoms in total. The zero-order valence-corrected chi connectivity index (χ0v) is 8.23. The van der Waals surface area contributed by atoms with Crippen LogP contribution in [-0.4, -0.2) is 26.8 Å². The molecule has 1 heterocycles. The second-order valence-electron chi connectivity index (χ2n) is 2.84. The predicted octanol–water partition coefficient (Wildman–Crippen LogP) is -2.10. The van der Waals surface area contributed by atoms with E-state index in [2.05, 4.69) is 21.2 Å². The highest BCUT2D eigenvalue weighted by Crippen LogP contribution is 1.90. The number of hydrazine groups is 1. The van der Waals surface area contributed by atoms with E-state index in [0.717, 1.165) is 0 Å². The lowest BCUT2D eigenvalue weighted by Crippen LogP contribution is -2.42. The van der Waals surface area contributed by atoms with Crippen LogP contribution in [-0.2, 0) is 22.7 Å². The third kappa shape index (κ3) is 3.73. The van der Waals surface area contributed by atoms with E-state index in [1.807, 2.05) is 0 Å². The molecule has 1 aromatic heterocycles. The first-order chi connectivity index (χ1) is 7.11. The summed E-state index contributed by atoms with van der Waals surface area (Å²) in [4.78, 5) is 21.6. The van der Waals surface area contributed by atoms with Crippen LogP contribution in [0.4, 0.5) is 0 Å². The lowest BCUT2D eigenvalue weighted by atomic mass is 10.5. The van der Waals surface area contributed by atoms with E-state index in [1.165, 1.54) is 11.6 Å². The van der Waals surface area contributed by atoms with Crippen LogP contribution >= 0.6 is 0 Å². The predicted molar refractivity (Wildman–Crippen MR) is 49.9 cm³/mol. The molecule has 0 radical (unpaired) electrons. The highest BCUT2D eigenvalue weighted by molar-refractivity contribution is 5.80. The van der Waals surface area contributed by atoms with E-state index in [4.69, 9.17) is 5.73 Å². The Morgan fingerprint density at radius 3 is 2.80 bits per heavy atom. The first-order valence-electron chi connectivity index (χ1n) is 4.26. The van der Waals surface area contributed by atoms with Crippen LogP contribution in [0.1, 0.15) is 12.6 Å². The van der Waals surface area contributed by atoms with Gasteiger partial charge in [0.1, 0.15) is 6.54 Å². The number of carbonyl (C=O) groups is 2. The van der Waals surface area contributed by atoms with Gasteiger partial charge in [0.05, 0.1) is 11.9 Å². The molecule has 8 heteroatoms. The smallest absolute Gasteiger partial charge is 0.260 e. The molecule has 1 aromatic rings. The molecule has 0 saturated heterocycles. The van der Waals surface area contributed by atoms with Crippen molar-refractivity contribution < 1.29 is 9.59 Å². The van der Waals surface area contributed by atoms with Gasteiger partial charge in [-0.05, 0) is 0 Å². The fourth-order valence-electron chi connectivity index (χ4n) is 0.854. The standard InChI is InChI=1S/C7H12N6O2/c1-5(14)9-11-7(15)4-13-3-6(2-8)10-12-13/h3H,2,4,8H2,1H3,(H,9,14)(H,11,15). The van der Waals surface area contributed by atoms with Crippen LogP contribution in [0.2, 0.25) is 0 Å². The summed E-state index contributed by atoms with van der Waals surface area (Å²) >= 11 is 0. The molecule has 0 atom stereocenters. The number of nitrogens with one attached hydrogen (secondary N) is 2. The summed E-state index contributed by atoms with van der Waals surface area (Å²) in [6.07, 6.45) is 1.56. The molecule has 0 aliphatic heterocycles. The molecule has 0 aliphatic carbocycles. The quantitative estimate of drug-likeness (QED) is 0.497. The number of aromatic nitrogens is 3. The molecule has 0 aromatic carbocycles. The van der Waals surface area contributed by atoms with Gasteiger partial charge < -0.3 is 5.73 Å². The molecule has 0 unspecified atom stereocenters. The lowest BCUT2D eigenvalue weighted by molar-refractivity contribution is -0.128. The number of hydrogen-bond donors (Lipinski definition) is 3. The third-order valence-electron chi connectivity index (χ3n) is 1.48. The van der Waals surface area contributed by atoms with Crippen molar-refractivity contribution in [2.75, 3.05) is 0 Å². The Hall–Kier alpha value is -1.96. The fraction of sp³-hybridized carbons (Fsp3) is 0.429. The van der Waals surface area contributed by atoms with Crippen LogP contribution in [0.5, 0.6) is 0 Å². The van der Waals surface area contributed by atoms with E-state index in [0.29, 0.717) is 5.69 Å². The van der Waals surface area contributed by atoms with E-state index in [1.54, 1.807) is 6.20 Å². The first-order valence-corrected chi connectivity index (χ1v) is 4.26. The molecule has 0 fully saturated rings. The van der Waals surface area contributed by atoms with Crippen LogP contribution in [0.25, 0.3) is 0 Å². The number of nitrogens with zero attached hydrogens (tertiary/aromatic N) is 3. The Morgan fingerprint density at radius 1 is 1.53 bits per heavy atom. The lowest BCUT2D eigenvalue weighted by Gasteiger charge is -2.03. The second-order valence-corrected chi connectivity index (χ2v) is 2.84. The molecule has 0 saturated carbocycles. The highest BCUT2D eigenvalue weighted by atomic mass is 16.2.